The van der Waals surface area contributed by atoms with Crippen molar-refractivity contribution in [1.29, 1.82) is 0 Å². The number of piperidine rings is 1. The number of carbonyl (C=O) groups is 2. The number of thiazole rings is 1. The number of hydrogen-bond acceptors (Lipinski definition) is 6. The minimum absolute atomic E-state index is 0. The van der Waals surface area contributed by atoms with E-state index in [4.69, 9.17) is 0 Å². The number of halogens is 1. The van der Waals surface area contributed by atoms with Crippen molar-refractivity contribution in [3.63, 3.8) is 0 Å². The van der Waals surface area contributed by atoms with Gasteiger partial charge >= 0.3 is 5.97 Å². The van der Waals surface area contributed by atoms with Crippen LogP contribution in [0.2, 0.25) is 0 Å². The Morgan fingerprint density at radius 2 is 2.12 bits per heavy atom. The van der Waals surface area contributed by atoms with Crippen LogP contribution >= 0.6 is 23.7 Å². The molecule has 24 heavy (non-hydrogen) atoms. The average Bonchev–Trinajstić information content (AvgIpc) is 3.24. The number of rotatable bonds is 4. The van der Waals surface area contributed by atoms with Gasteiger partial charge in [-0.25, -0.2) is 9.78 Å². The number of anilines is 1. The first-order valence-electron chi connectivity index (χ1n) is 7.41. The molecule has 1 aliphatic heterocycles. The quantitative estimate of drug-likeness (QED) is 0.717. The maximum Gasteiger partial charge on any atom is 0.354 e. The number of aromatic nitrogens is 2. The smallest absolute Gasteiger partial charge is 0.354 e. The summed E-state index contributed by atoms with van der Waals surface area (Å²) in [5.74, 6) is -0.357. The third-order valence-electron chi connectivity index (χ3n) is 3.83. The number of methoxy groups -OCH3 is 1. The van der Waals surface area contributed by atoms with Crippen LogP contribution in [-0.2, 0) is 9.53 Å². The van der Waals surface area contributed by atoms with Crippen LogP contribution in [-0.4, -0.2) is 42.0 Å². The molecule has 1 amide bonds. The number of nitrogens with one attached hydrogen (secondary N) is 3. The van der Waals surface area contributed by atoms with Crippen LogP contribution in [0.3, 0.4) is 0 Å². The van der Waals surface area contributed by atoms with Crippen molar-refractivity contribution < 1.29 is 14.3 Å². The predicted octanol–water partition coefficient (Wildman–Crippen LogP) is 2.28. The van der Waals surface area contributed by atoms with E-state index in [-0.39, 0.29) is 24.2 Å². The maximum absolute atomic E-state index is 12.2. The van der Waals surface area contributed by atoms with Crippen LogP contribution in [0, 0.1) is 5.92 Å². The minimum Gasteiger partial charge on any atom is -0.464 e. The highest BCUT2D eigenvalue weighted by atomic mass is 35.5. The standard InChI is InChI=1S/C15H18N4O3S.ClH/c1-22-14(21)11-6-10(7-17-11)12-8-23-15(18-12)19-13(20)9-2-4-16-5-3-9;/h6-9,16-17H,2-5H2,1H3,(H,18,19,20);1H. The lowest BCUT2D eigenvalue weighted by Gasteiger charge is -2.20. The summed E-state index contributed by atoms with van der Waals surface area (Å²) in [4.78, 5) is 30.9. The third kappa shape index (κ3) is 4.14. The Bertz CT molecular complexity index is 709. The molecule has 1 saturated heterocycles. The van der Waals surface area contributed by atoms with Crippen LogP contribution in [0.15, 0.2) is 17.6 Å². The predicted molar refractivity (Wildman–Crippen MR) is 94.7 cm³/mol. The van der Waals surface area contributed by atoms with Crippen molar-refractivity contribution in [2.24, 2.45) is 5.92 Å². The van der Waals surface area contributed by atoms with Gasteiger partial charge in [-0.3, -0.25) is 4.79 Å². The fourth-order valence-corrected chi connectivity index (χ4v) is 3.25. The van der Waals surface area contributed by atoms with Crippen LogP contribution in [0.5, 0.6) is 0 Å². The van der Waals surface area contributed by atoms with Gasteiger partial charge < -0.3 is 20.4 Å². The minimum atomic E-state index is -0.425. The summed E-state index contributed by atoms with van der Waals surface area (Å²) in [6.07, 6.45) is 3.40. The molecule has 2 aromatic rings. The summed E-state index contributed by atoms with van der Waals surface area (Å²) < 4.78 is 4.66. The molecule has 7 nitrogen and oxygen atoms in total. The van der Waals surface area contributed by atoms with E-state index >= 15 is 0 Å². The Morgan fingerprint density at radius 3 is 2.83 bits per heavy atom. The van der Waals surface area contributed by atoms with E-state index in [0.29, 0.717) is 16.5 Å². The number of esters is 1. The molecule has 0 radical (unpaired) electrons. The van der Waals surface area contributed by atoms with Gasteiger partial charge in [0, 0.05) is 23.1 Å². The summed E-state index contributed by atoms with van der Waals surface area (Å²) in [6, 6.07) is 1.68. The lowest BCUT2D eigenvalue weighted by Crippen LogP contribution is -2.34. The molecule has 0 spiro atoms. The van der Waals surface area contributed by atoms with Gasteiger partial charge in [-0.05, 0) is 32.0 Å². The van der Waals surface area contributed by atoms with Gasteiger partial charge in [0.2, 0.25) is 5.91 Å². The van der Waals surface area contributed by atoms with Gasteiger partial charge in [-0.2, -0.15) is 0 Å². The van der Waals surface area contributed by atoms with Crippen molar-refractivity contribution >= 4 is 40.8 Å². The fraction of sp³-hybridized carbons (Fsp3) is 0.400. The first-order valence-corrected chi connectivity index (χ1v) is 8.29. The number of carbonyl (C=O) groups excluding carboxylic acids is 2. The molecule has 0 unspecified atom stereocenters. The van der Waals surface area contributed by atoms with E-state index in [0.717, 1.165) is 31.5 Å². The molecule has 9 heteroatoms. The molecule has 1 aliphatic rings. The Kier molecular flexibility index (Phi) is 6.36. The highest BCUT2D eigenvalue weighted by molar-refractivity contribution is 7.14. The van der Waals surface area contributed by atoms with E-state index in [9.17, 15) is 9.59 Å². The van der Waals surface area contributed by atoms with Crippen molar-refractivity contribution in [3.8, 4) is 11.3 Å². The SMILES string of the molecule is COC(=O)c1cc(-c2csc(NC(=O)C3CCNCC3)n2)c[nH]1.Cl. The van der Waals surface area contributed by atoms with Crippen LogP contribution in [0.25, 0.3) is 11.3 Å². The molecule has 0 bridgehead atoms. The molecule has 3 heterocycles. The fourth-order valence-electron chi connectivity index (χ4n) is 2.53. The van der Waals surface area contributed by atoms with Gasteiger partial charge in [0.1, 0.15) is 5.69 Å². The van der Waals surface area contributed by atoms with Crippen LogP contribution in [0.1, 0.15) is 23.3 Å². The highest BCUT2D eigenvalue weighted by Gasteiger charge is 2.22. The Labute approximate surface area is 149 Å². The number of ether oxygens (including phenoxy) is 1. The van der Waals surface area contributed by atoms with Gasteiger partial charge in [0.05, 0.1) is 12.8 Å². The van der Waals surface area contributed by atoms with Gasteiger partial charge in [0.15, 0.2) is 5.13 Å². The molecule has 0 saturated carbocycles. The summed E-state index contributed by atoms with van der Waals surface area (Å²) >= 11 is 1.37. The van der Waals surface area contributed by atoms with Crippen LogP contribution < -0.4 is 10.6 Å². The van der Waals surface area contributed by atoms with Gasteiger partial charge in [-0.1, -0.05) is 0 Å². The zero-order valence-corrected chi connectivity index (χ0v) is 14.8. The zero-order valence-electron chi connectivity index (χ0n) is 13.1. The van der Waals surface area contributed by atoms with Gasteiger partial charge in [-0.15, -0.1) is 23.7 Å². The van der Waals surface area contributed by atoms with E-state index < -0.39 is 5.97 Å². The Hall–Kier alpha value is -1.90. The molecule has 3 rings (SSSR count). The normalized spacial score (nSPS) is 14.7. The molecule has 3 N–H and O–H groups in total. The lowest BCUT2D eigenvalue weighted by atomic mass is 9.97. The van der Waals surface area contributed by atoms with Crippen molar-refractivity contribution in [2.75, 3.05) is 25.5 Å². The Morgan fingerprint density at radius 1 is 1.38 bits per heavy atom. The second-order valence-electron chi connectivity index (χ2n) is 5.35. The van der Waals surface area contributed by atoms with Crippen molar-refractivity contribution in [3.05, 3.63) is 23.3 Å². The number of H-pyrrole nitrogens is 1. The monoisotopic (exact) mass is 370 g/mol. The number of amides is 1. The molecule has 0 aliphatic carbocycles. The first kappa shape index (κ1) is 18.4. The van der Waals surface area contributed by atoms with Crippen molar-refractivity contribution in [2.45, 2.75) is 12.8 Å². The van der Waals surface area contributed by atoms with Gasteiger partial charge in [0.25, 0.3) is 0 Å². The molecular weight excluding hydrogens is 352 g/mol. The Balaban J connectivity index is 0.00000208. The number of hydrogen-bond donors (Lipinski definition) is 3. The molecular formula is C15H19ClN4O3S. The second-order valence-corrected chi connectivity index (χ2v) is 6.20. The van der Waals surface area contributed by atoms with Crippen LogP contribution in [0.4, 0.5) is 5.13 Å². The summed E-state index contributed by atoms with van der Waals surface area (Å²) in [7, 11) is 1.33. The van der Waals surface area contributed by atoms with Crippen molar-refractivity contribution in [1.82, 2.24) is 15.3 Å². The van der Waals surface area contributed by atoms with E-state index in [1.165, 1.54) is 18.4 Å². The second kappa shape index (κ2) is 8.27. The first-order chi connectivity index (χ1) is 11.2. The van der Waals surface area contributed by atoms with E-state index in [1.807, 2.05) is 5.38 Å². The summed E-state index contributed by atoms with van der Waals surface area (Å²) in [5.41, 5.74) is 1.86. The summed E-state index contributed by atoms with van der Waals surface area (Å²) in [5, 5.41) is 8.55. The topological polar surface area (TPSA) is 96.1 Å². The average molecular weight is 371 g/mol. The molecule has 2 aromatic heterocycles. The lowest BCUT2D eigenvalue weighted by molar-refractivity contribution is -0.120. The maximum atomic E-state index is 12.2. The molecule has 0 atom stereocenters. The molecule has 130 valence electrons. The summed E-state index contributed by atoms with van der Waals surface area (Å²) in [6.45, 7) is 1.75. The third-order valence-corrected chi connectivity index (χ3v) is 4.59. The number of aromatic amines is 1. The van der Waals surface area contributed by atoms with E-state index in [1.54, 1.807) is 12.3 Å². The molecule has 1 fully saturated rings. The zero-order chi connectivity index (χ0) is 16.2. The number of nitrogens with zero attached hydrogens (tertiary/aromatic N) is 1. The highest BCUT2D eigenvalue weighted by Crippen LogP contribution is 2.26. The largest absolute Gasteiger partial charge is 0.464 e. The molecule has 0 aromatic carbocycles. The van der Waals surface area contributed by atoms with E-state index in [2.05, 4.69) is 25.3 Å².